The van der Waals surface area contributed by atoms with Crippen LogP contribution in [-0.4, -0.2) is 19.3 Å². The molecule has 0 saturated carbocycles. The molecule has 20 heavy (non-hydrogen) atoms. The average molecular weight is 331 g/mol. The van der Waals surface area contributed by atoms with Crippen molar-refractivity contribution in [3.63, 3.8) is 0 Å². The number of benzene rings is 2. The third-order valence-corrected chi connectivity index (χ3v) is 4.41. The summed E-state index contributed by atoms with van der Waals surface area (Å²) in [7, 11) is -4.48. The van der Waals surface area contributed by atoms with Gasteiger partial charge in [0, 0.05) is 5.56 Å². The largest absolute Gasteiger partial charge is 0.298 e. The molecule has 0 aliphatic heterocycles. The molecule has 0 heterocycles. The van der Waals surface area contributed by atoms with Crippen LogP contribution < -0.4 is 0 Å². The second-order valence-electron chi connectivity index (χ2n) is 3.98. The molecule has 0 amide bonds. The Morgan fingerprint density at radius 3 is 1.85 bits per heavy atom. The van der Waals surface area contributed by atoms with Crippen molar-refractivity contribution in [3.05, 3.63) is 52.0 Å². The molecule has 0 bridgehead atoms. The summed E-state index contributed by atoms with van der Waals surface area (Å²) in [6.07, 6.45) is 0.713. The number of hydrogen-bond donors (Lipinski definition) is 1. The van der Waals surface area contributed by atoms with E-state index in [9.17, 15) is 13.2 Å². The number of rotatable bonds is 3. The molecule has 0 radical (unpaired) electrons. The minimum atomic E-state index is -4.48. The molecule has 2 aromatic carbocycles. The lowest BCUT2D eigenvalue weighted by atomic mass is 10.0. The maximum atomic E-state index is 11.2. The van der Waals surface area contributed by atoms with Gasteiger partial charge in [0.2, 0.25) is 0 Å². The maximum absolute atomic E-state index is 11.2. The Bertz CT molecular complexity index is 744. The van der Waals surface area contributed by atoms with Crippen LogP contribution in [0.2, 0.25) is 10.0 Å². The van der Waals surface area contributed by atoms with E-state index < -0.39 is 15.0 Å². The molecule has 4 nitrogen and oxygen atoms in total. The molecular weight excluding hydrogens is 323 g/mol. The third-order valence-electron chi connectivity index (χ3n) is 2.64. The summed E-state index contributed by atoms with van der Waals surface area (Å²) in [6.45, 7) is 0. The quantitative estimate of drug-likeness (QED) is 0.687. The van der Waals surface area contributed by atoms with Crippen molar-refractivity contribution in [2.75, 3.05) is 0 Å². The van der Waals surface area contributed by atoms with E-state index in [0.717, 1.165) is 0 Å². The average Bonchev–Trinajstić information content (AvgIpc) is 2.36. The van der Waals surface area contributed by atoms with Crippen LogP contribution in [0.15, 0.2) is 41.3 Å². The van der Waals surface area contributed by atoms with Gasteiger partial charge in [0.05, 0.1) is 10.0 Å². The van der Waals surface area contributed by atoms with E-state index in [-0.39, 0.29) is 10.0 Å². The smallest absolute Gasteiger partial charge is 0.297 e. The molecule has 0 spiro atoms. The zero-order valence-electron chi connectivity index (χ0n) is 9.88. The van der Waals surface area contributed by atoms with Crippen molar-refractivity contribution in [1.29, 1.82) is 0 Å². The Hall–Kier alpha value is -1.40. The molecule has 0 unspecified atom stereocenters. The van der Waals surface area contributed by atoms with Gasteiger partial charge >= 0.3 is 0 Å². The van der Waals surface area contributed by atoms with E-state index in [1.165, 1.54) is 12.1 Å². The van der Waals surface area contributed by atoms with Gasteiger partial charge in [0.15, 0.2) is 0 Å². The van der Waals surface area contributed by atoms with E-state index in [2.05, 4.69) is 0 Å². The zero-order valence-corrected chi connectivity index (χ0v) is 12.2. The van der Waals surface area contributed by atoms with E-state index in [1.807, 2.05) is 0 Å². The second kappa shape index (κ2) is 5.54. The number of halogens is 2. The highest BCUT2D eigenvalue weighted by Gasteiger charge is 2.20. The van der Waals surface area contributed by atoms with E-state index in [4.69, 9.17) is 27.8 Å². The predicted molar refractivity (Wildman–Crippen MR) is 77.1 cm³/mol. The van der Waals surface area contributed by atoms with Gasteiger partial charge in [0.25, 0.3) is 10.1 Å². The van der Waals surface area contributed by atoms with Crippen LogP contribution in [-0.2, 0) is 10.1 Å². The lowest BCUT2D eigenvalue weighted by Crippen LogP contribution is -2.00. The van der Waals surface area contributed by atoms with E-state index >= 15 is 0 Å². The van der Waals surface area contributed by atoms with Crippen molar-refractivity contribution in [2.24, 2.45) is 0 Å². The fourth-order valence-corrected chi connectivity index (χ4v) is 3.41. The Kier molecular flexibility index (Phi) is 4.15. The topological polar surface area (TPSA) is 71.4 Å². The minimum absolute atomic E-state index is 0.172. The first-order valence-electron chi connectivity index (χ1n) is 5.35. The fourth-order valence-electron chi connectivity index (χ4n) is 1.73. The monoisotopic (exact) mass is 330 g/mol. The molecule has 0 fully saturated rings. The Morgan fingerprint density at radius 2 is 1.45 bits per heavy atom. The molecule has 0 saturated heterocycles. The summed E-state index contributed by atoms with van der Waals surface area (Å²) in [5.74, 6) is 0. The van der Waals surface area contributed by atoms with E-state index in [1.54, 1.807) is 24.3 Å². The van der Waals surface area contributed by atoms with Crippen LogP contribution in [0.25, 0.3) is 11.1 Å². The van der Waals surface area contributed by atoms with Crippen molar-refractivity contribution >= 4 is 39.6 Å². The fraction of sp³-hybridized carbons (Fsp3) is 0. The molecule has 0 aliphatic carbocycles. The van der Waals surface area contributed by atoms with Crippen LogP contribution in [0.4, 0.5) is 0 Å². The van der Waals surface area contributed by atoms with E-state index in [0.29, 0.717) is 23.0 Å². The molecule has 7 heteroatoms. The molecule has 104 valence electrons. The second-order valence-corrected chi connectivity index (χ2v) is 6.16. The summed E-state index contributed by atoms with van der Waals surface area (Å²) in [6, 6.07) is 9.35. The first-order chi connectivity index (χ1) is 9.32. The van der Waals surface area contributed by atoms with Crippen molar-refractivity contribution in [3.8, 4) is 11.1 Å². The maximum Gasteiger partial charge on any atom is 0.297 e. The van der Waals surface area contributed by atoms with Gasteiger partial charge in [-0.05, 0) is 23.3 Å². The van der Waals surface area contributed by atoms with Gasteiger partial charge in [-0.3, -0.25) is 9.35 Å². The van der Waals surface area contributed by atoms with Gasteiger partial charge < -0.3 is 0 Å². The standard InChI is InChI=1S/C13H8Cl2O4S/c14-11-5-10(6-12(15)13(11)20(17,18)19)9-3-1-8(7-16)2-4-9/h1-7H,(H,17,18,19). The summed E-state index contributed by atoms with van der Waals surface area (Å²) in [5, 5.41) is -0.344. The van der Waals surface area contributed by atoms with Crippen LogP contribution in [0.1, 0.15) is 10.4 Å². The Labute approximate surface area is 125 Å². The summed E-state index contributed by atoms with van der Waals surface area (Å²) in [4.78, 5) is 10.1. The normalized spacial score (nSPS) is 11.3. The third kappa shape index (κ3) is 3.02. The summed E-state index contributed by atoms with van der Waals surface area (Å²) >= 11 is 11.7. The van der Waals surface area contributed by atoms with Crippen LogP contribution >= 0.6 is 23.2 Å². The molecule has 0 aromatic heterocycles. The molecule has 1 N–H and O–H groups in total. The summed E-state index contributed by atoms with van der Waals surface area (Å²) in [5.41, 5.74) is 1.80. The Balaban J connectivity index is 2.57. The van der Waals surface area contributed by atoms with Crippen molar-refractivity contribution < 1.29 is 17.8 Å². The number of carbonyl (C=O) groups excluding carboxylic acids is 1. The molecule has 2 aromatic rings. The van der Waals surface area contributed by atoms with Gasteiger partial charge in [0.1, 0.15) is 11.2 Å². The zero-order chi connectivity index (χ0) is 14.9. The number of aldehydes is 1. The molecular formula is C13H8Cl2O4S. The number of carbonyl (C=O) groups is 1. The molecule has 0 aliphatic rings. The summed E-state index contributed by atoms with van der Waals surface area (Å²) < 4.78 is 31.4. The van der Waals surface area contributed by atoms with Gasteiger partial charge in [-0.15, -0.1) is 0 Å². The SMILES string of the molecule is O=Cc1ccc(-c2cc(Cl)c(S(=O)(=O)O)c(Cl)c2)cc1. The lowest BCUT2D eigenvalue weighted by molar-refractivity contribution is 0.112. The molecule has 2 rings (SSSR count). The highest BCUT2D eigenvalue weighted by atomic mass is 35.5. The van der Waals surface area contributed by atoms with Crippen molar-refractivity contribution in [1.82, 2.24) is 0 Å². The van der Waals surface area contributed by atoms with Crippen molar-refractivity contribution in [2.45, 2.75) is 4.90 Å². The first kappa shape index (κ1) is 15.0. The first-order valence-corrected chi connectivity index (χ1v) is 7.54. The predicted octanol–water partition coefficient (Wildman–Crippen LogP) is 3.72. The van der Waals surface area contributed by atoms with Gasteiger partial charge in [-0.2, -0.15) is 8.42 Å². The van der Waals surface area contributed by atoms with Crippen LogP contribution in [0.5, 0.6) is 0 Å². The highest BCUT2D eigenvalue weighted by molar-refractivity contribution is 7.86. The minimum Gasteiger partial charge on any atom is -0.298 e. The lowest BCUT2D eigenvalue weighted by Gasteiger charge is -2.08. The van der Waals surface area contributed by atoms with Crippen LogP contribution in [0.3, 0.4) is 0 Å². The Morgan fingerprint density at radius 1 is 0.950 bits per heavy atom. The molecule has 0 atom stereocenters. The van der Waals surface area contributed by atoms with Gasteiger partial charge in [-0.25, -0.2) is 0 Å². The van der Waals surface area contributed by atoms with Crippen LogP contribution in [0, 0.1) is 0 Å². The van der Waals surface area contributed by atoms with Gasteiger partial charge in [-0.1, -0.05) is 47.5 Å². The number of hydrogen-bond acceptors (Lipinski definition) is 3. The highest BCUT2D eigenvalue weighted by Crippen LogP contribution is 2.34.